The van der Waals surface area contributed by atoms with Crippen LogP contribution in [-0.4, -0.2) is 41.1 Å². The van der Waals surface area contributed by atoms with Gasteiger partial charge < -0.3 is 14.8 Å². The number of hydrogen-bond donors (Lipinski definition) is 1. The maximum absolute atomic E-state index is 4.51. The molecule has 0 aliphatic heterocycles. The Morgan fingerprint density at radius 1 is 1.18 bits per heavy atom. The number of rotatable bonds is 8. The van der Waals surface area contributed by atoms with Gasteiger partial charge in [-0.3, -0.25) is 4.99 Å². The van der Waals surface area contributed by atoms with Gasteiger partial charge in [0.15, 0.2) is 5.96 Å². The van der Waals surface area contributed by atoms with Gasteiger partial charge in [-0.1, -0.05) is 36.4 Å². The van der Waals surface area contributed by atoms with Crippen LogP contribution in [0.5, 0.6) is 0 Å². The molecule has 0 radical (unpaired) electrons. The maximum Gasteiger partial charge on any atom is 0.193 e. The van der Waals surface area contributed by atoms with E-state index in [0.717, 1.165) is 37.7 Å². The van der Waals surface area contributed by atoms with E-state index < -0.39 is 0 Å². The fourth-order valence-corrected chi connectivity index (χ4v) is 3.68. The zero-order chi connectivity index (χ0) is 18.9. The summed E-state index contributed by atoms with van der Waals surface area (Å²) < 4.78 is 2.21. The molecule has 0 amide bonds. The third-order valence-corrected chi connectivity index (χ3v) is 5.47. The lowest BCUT2D eigenvalue weighted by Crippen LogP contribution is -2.40. The molecule has 0 aliphatic carbocycles. The third kappa shape index (κ3) is 6.63. The van der Waals surface area contributed by atoms with E-state index in [1.165, 1.54) is 10.4 Å². The van der Waals surface area contributed by atoms with Crippen molar-refractivity contribution < 1.29 is 0 Å². The molecule has 28 heavy (non-hydrogen) atoms. The number of thiophene rings is 1. The molecule has 0 saturated carbocycles. The molecule has 2 heterocycles. The zero-order valence-electron chi connectivity index (χ0n) is 16.4. The largest absolute Gasteiger partial charge is 0.349 e. The summed E-state index contributed by atoms with van der Waals surface area (Å²) in [6, 6.07) is 14.8. The first-order chi connectivity index (χ1) is 13.3. The summed E-state index contributed by atoms with van der Waals surface area (Å²) in [5.41, 5.74) is 1.34. The van der Waals surface area contributed by atoms with Gasteiger partial charge in [-0.15, -0.1) is 35.3 Å². The molecule has 1 N–H and O–H groups in total. The first-order valence-corrected chi connectivity index (χ1v) is 10.1. The Morgan fingerprint density at radius 3 is 2.71 bits per heavy atom. The normalized spacial score (nSPS) is 11.1. The summed E-state index contributed by atoms with van der Waals surface area (Å²) in [5, 5.41) is 5.56. The van der Waals surface area contributed by atoms with Crippen LogP contribution >= 0.6 is 35.3 Å². The molecule has 0 unspecified atom stereocenters. The molecule has 150 valence electrons. The highest BCUT2D eigenvalue weighted by Crippen LogP contribution is 2.09. The Kier molecular flexibility index (Phi) is 9.49. The minimum Gasteiger partial charge on any atom is -0.349 e. The molecule has 0 fully saturated rings. The molecule has 0 spiro atoms. The van der Waals surface area contributed by atoms with Gasteiger partial charge in [0.05, 0.1) is 6.54 Å². The van der Waals surface area contributed by atoms with E-state index in [-0.39, 0.29) is 24.0 Å². The Balaban J connectivity index is 0.00000280. The number of halogens is 1. The first kappa shape index (κ1) is 22.4. The highest BCUT2D eigenvalue weighted by molar-refractivity contribution is 14.0. The van der Waals surface area contributed by atoms with Crippen LogP contribution in [0.15, 0.2) is 65.2 Å². The molecular formula is C21H28IN5S. The molecule has 0 bridgehead atoms. The summed E-state index contributed by atoms with van der Waals surface area (Å²) in [6.45, 7) is 2.52. The van der Waals surface area contributed by atoms with Crippen LogP contribution in [0.1, 0.15) is 16.3 Å². The molecule has 2 aromatic heterocycles. The van der Waals surface area contributed by atoms with Crippen LogP contribution in [-0.2, 0) is 25.9 Å². The van der Waals surface area contributed by atoms with Crippen LogP contribution in [0.25, 0.3) is 0 Å². The van der Waals surface area contributed by atoms with Crippen LogP contribution in [0.3, 0.4) is 0 Å². The van der Waals surface area contributed by atoms with E-state index >= 15 is 0 Å². The Bertz CT molecular complexity index is 830. The van der Waals surface area contributed by atoms with Gasteiger partial charge in [0, 0.05) is 44.5 Å². The number of imidazole rings is 1. The second-order valence-corrected chi connectivity index (χ2v) is 7.46. The molecule has 0 aliphatic rings. The number of aryl methyl sites for hydroxylation is 2. The van der Waals surface area contributed by atoms with Crippen molar-refractivity contribution >= 4 is 41.3 Å². The molecule has 0 saturated heterocycles. The molecule has 3 aromatic rings. The maximum atomic E-state index is 4.51. The van der Waals surface area contributed by atoms with E-state index in [4.69, 9.17) is 0 Å². The van der Waals surface area contributed by atoms with Crippen molar-refractivity contribution in [2.45, 2.75) is 25.9 Å². The fourth-order valence-electron chi connectivity index (χ4n) is 2.99. The van der Waals surface area contributed by atoms with Gasteiger partial charge in [0.1, 0.15) is 5.82 Å². The van der Waals surface area contributed by atoms with Crippen molar-refractivity contribution in [1.82, 2.24) is 19.8 Å². The number of benzene rings is 1. The third-order valence-electron chi connectivity index (χ3n) is 4.54. The SMILES string of the molecule is CN=C(NCc1nccn1CCc1ccccc1)N(C)CCc1cccs1.I. The number of likely N-dealkylation sites (N-methyl/N-ethyl adjacent to an activating group) is 1. The quantitative estimate of drug-likeness (QED) is 0.283. The van der Waals surface area contributed by atoms with E-state index in [0.29, 0.717) is 6.54 Å². The highest BCUT2D eigenvalue weighted by atomic mass is 127. The Labute approximate surface area is 188 Å². The molecule has 0 atom stereocenters. The number of hydrogen-bond acceptors (Lipinski definition) is 3. The summed E-state index contributed by atoms with van der Waals surface area (Å²) in [7, 11) is 3.90. The second-order valence-electron chi connectivity index (χ2n) is 6.42. The molecule has 1 aromatic carbocycles. The lowest BCUT2D eigenvalue weighted by atomic mass is 10.1. The number of aromatic nitrogens is 2. The highest BCUT2D eigenvalue weighted by Gasteiger charge is 2.09. The average Bonchev–Trinajstić information content (AvgIpc) is 3.38. The number of guanidine groups is 1. The van der Waals surface area contributed by atoms with Crippen LogP contribution in [0.4, 0.5) is 0 Å². The van der Waals surface area contributed by atoms with Crippen molar-refractivity contribution in [1.29, 1.82) is 0 Å². The number of aliphatic imine (C=N–C) groups is 1. The second kappa shape index (κ2) is 11.9. The van der Waals surface area contributed by atoms with Crippen LogP contribution < -0.4 is 5.32 Å². The molecule has 7 heteroatoms. The predicted octanol–water partition coefficient (Wildman–Crippen LogP) is 4.06. The van der Waals surface area contributed by atoms with Gasteiger partial charge in [-0.05, 0) is 29.9 Å². The van der Waals surface area contributed by atoms with E-state index in [2.05, 4.69) is 79.7 Å². The van der Waals surface area contributed by atoms with Crippen molar-refractivity contribution in [3.8, 4) is 0 Å². The summed E-state index contributed by atoms with van der Waals surface area (Å²) in [5.74, 6) is 1.92. The van der Waals surface area contributed by atoms with Crippen molar-refractivity contribution in [2.75, 3.05) is 20.6 Å². The van der Waals surface area contributed by atoms with Gasteiger partial charge >= 0.3 is 0 Å². The van der Waals surface area contributed by atoms with E-state index in [1.807, 2.05) is 19.4 Å². The standard InChI is InChI=1S/C21H27N5S.HI/c1-22-21(25(2)13-11-19-9-6-16-27-19)24-17-20-23-12-15-26(20)14-10-18-7-4-3-5-8-18;/h3-9,12,15-16H,10-11,13-14,17H2,1-2H3,(H,22,24);1H. The minimum absolute atomic E-state index is 0. The van der Waals surface area contributed by atoms with Crippen molar-refractivity contribution in [3.63, 3.8) is 0 Å². The average molecular weight is 509 g/mol. The van der Waals surface area contributed by atoms with Crippen LogP contribution in [0.2, 0.25) is 0 Å². The smallest absolute Gasteiger partial charge is 0.193 e. The Morgan fingerprint density at radius 2 is 2.00 bits per heavy atom. The summed E-state index contributed by atoms with van der Waals surface area (Å²) in [4.78, 5) is 12.5. The van der Waals surface area contributed by atoms with Gasteiger partial charge in [0.25, 0.3) is 0 Å². The minimum atomic E-state index is 0. The van der Waals surface area contributed by atoms with Crippen LogP contribution in [0, 0.1) is 0 Å². The van der Waals surface area contributed by atoms with Gasteiger partial charge in [0.2, 0.25) is 0 Å². The lowest BCUT2D eigenvalue weighted by Gasteiger charge is -2.22. The topological polar surface area (TPSA) is 45.5 Å². The number of nitrogens with one attached hydrogen (secondary N) is 1. The monoisotopic (exact) mass is 509 g/mol. The summed E-state index contributed by atoms with van der Waals surface area (Å²) >= 11 is 1.80. The number of nitrogens with zero attached hydrogens (tertiary/aromatic N) is 4. The molecular weight excluding hydrogens is 481 g/mol. The summed E-state index contributed by atoms with van der Waals surface area (Å²) in [6.07, 6.45) is 5.94. The predicted molar refractivity (Wildman–Crippen MR) is 129 cm³/mol. The fraction of sp³-hybridized carbons (Fsp3) is 0.333. The molecule has 3 rings (SSSR count). The van der Waals surface area contributed by atoms with Crippen molar-refractivity contribution in [3.05, 3.63) is 76.5 Å². The van der Waals surface area contributed by atoms with E-state index in [9.17, 15) is 0 Å². The van der Waals surface area contributed by atoms with Crippen molar-refractivity contribution in [2.24, 2.45) is 4.99 Å². The first-order valence-electron chi connectivity index (χ1n) is 9.24. The Hall–Kier alpha value is -1.87. The molecule has 5 nitrogen and oxygen atoms in total. The zero-order valence-corrected chi connectivity index (χ0v) is 19.6. The van der Waals surface area contributed by atoms with Gasteiger partial charge in [-0.2, -0.15) is 0 Å². The lowest BCUT2D eigenvalue weighted by molar-refractivity contribution is 0.483. The van der Waals surface area contributed by atoms with E-state index in [1.54, 1.807) is 11.3 Å². The van der Waals surface area contributed by atoms with Gasteiger partial charge in [-0.25, -0.2) is 4.98 Å².